The molecule has 0 radical (unpaired) electrons. The molecular weight excluding hydrogens is 364 g/mol. The van der Waals surface area contributed by atoms with Gasteiger partial charge >= 0.3 is 0 Å². The standard InChI is InChI=1S/C21H24N2O3.ClH/c1-3-14-26-17-10-8-16(9-11-17)21(24)23-13-12-22-15-19(23)18-6-4-5-7-20(18)25-2;/h3-11,19,22H,1,12-15H2,2H3;1H. The van der Waals surface area contributed by atoms with Crippen LogP contribution in [-0.2, 0) is 0 Å². The van der Waals surface area contributed by atoms with Crippen molar-refractivity contribution < 1.29 is 14.3 Å². The van der Waals surface area contributed by atoms with Gasteiger partial charge in [0.1, 0.15) is 18.1 Å². The van der Waals surface area contributed by atoms with E-state index in [0.29, 0.717) is 25.3 Å². The minimum atomic E-state index is -0.0657. The van der Waals surface area contributed by atoms with Crippen molar-refractivity contribution in [2.45, 2.75) is 6.04 Å². The summed E-state index contributed by atoms with van der Waals surface area (Å²) >= 11 is 0. The number of rotatable bonds is 6. The lowest BCUT2D eigenvalue weighted by atomic mass is 10.0. The fourth-order valence-corrected chi connectivity index (χ4v) is 3.18. The van der Waals surface area contributed by atoms with Crippen molar-refractivity contribution in [2.75, 3.05) is 33.4 Å². The van der Waals surface area contributed by atoms with Gasteiger partial charge in [-0.05, 0) is 30.3 Å². The van der Waals surface area contributed by atoms with Gasteiger partial charge in [0, 0.05) is 30.8 Å². The van der Waals surface area contributed by atoms with Crippen LogP contribution in [0.15, 0.2) is 61.2 Å². The van der Waals surface area contributed by atoms with Gasteiger partial charge in [-0.1, -0.05) is 30.9 Å². The van der Waals surface area contributed by atoms with Gasteiger partial charge in [-0.2, -0.15) is 0 Å². The summed E-state index contributed by atoms with van der Waals surface area (Å²) < 4.78 is 11.0. The third-order valence-electron chi connectivity index (χ3n) is 4.47. The van der Waals surface area contributed by atoms with E-state index < -0.39 is 0 Å². The van der Waals surface area contributed by atoms with E-state index in [1.165, 1.54) is 0 Å². The van der Waals surface area contributed by atoms with Crippen LogP contribution in [0, 0.1) is 0 Å². The molecule has 1 fully saturated rings. The Hall–Kier alpha value is -2.50. The molecule has 1 aliphatic heterocycles. The van der Waals surface area contributed by atoms with E-state index in [9.17, 15) is 4.79 Å². The van der Waals surface area contributed by atoms with Crippen molar-refractivity contribution in [1.82, 2.24) is 10.2 Å². The number of para-hydroxylation sites is 1. The van der Waals surface area contributed by atoms with Gasteiger partial charge in [0.15, 0.2) is 0 Å². The highest BCUT2D eigenvalue weighted by Gasteiger charge is 2.30. The van der Waals surface area contributed by atoms with E-state index >= 15 is 0 Å². The van der Waals surface area contributed by atoms with Crippen LogP contribution in [0.25, 0.3) is 0 Å². The third kappa shape index (κ3) is 4.81. The lowest BCUT2D eigenvalue weighted by Crippen LogP contribution is -2.48. The number of halogens is 1. The Morgan fingerprint density at radius 2 is 2.00 bits per heavy atom. The van der Waals surface area contributed by atoms with Gasteiger partial charge in [0.05, 0.1) is 13.2 Å². The number of carbonyl (C=O) groups excluding carboxylic acids is 1. The Morgan fingerprint density at radius 3 is 2.70 bits per heavy atom. The van der Waals surface area contributed by atoms with Crippen LogP contribution in [-0.4, -0.2) is 44.2 Å². The van der Waals surface area contributed by atoms with Gasteiger partial charge < -0.3 is 19.7 Å². The lowest BCUT2D eigenvalue weighted by molar-refractivity contribution is 0.0631. The summed E-state index contributed by atoms with van der Waals surface area (Å²) in [5.41, 5.74) is 1.67. The Balaban J connectivity index is 0.00000261. The number of ether oxygens (including phenoxy) is 2. The molecule has 144 valence electrons. The highest BCUT2D eigenvalue weighted by molar-refractivity contribution is 5.94. The first kappa shape index (κ1) is 20.8. The average molecular weight is 389 g/mol. The van der Waals surface area contributed by atoms with Crippen LogP contribution in [0.2, 0.25) is 0 Å². The van der Waals surface area contributed by atoms with E-state index in [1.807, 2.05) is 53.4 Å². The first-order valence-electron chi connectivity index (χ1n) is 8.73. The normalized spacial score (nSPS) is 16.2. The van der Waals surface area contributed by atoms with Crippen LogP contribution >= 0.6 is 12.4 Å². The number of nitrogens with one attached hydrogen (secondary N) is 1. The quantitative estimate of drug-likeness (QED) is 0.770. The molecule has 3 rings (SSSR count). The molecule has 1 N–H and O–H groups in total. The zero-order valence-corrected chi connectivity index (χ0v) is 16.2. The summed E-state index contributed by atoms with van der Waals surface area (Å²) in [6, 6.07) is 15.0. The molecule has 0 spiro atoms. The lowest BCUT2D eigenvalue weighted by Gasteiger charge is -2.37. The van der Waals surface area contributed by atoms with Crippen molar-refractivity contribution in [3.8, 4) is 11.5 Å². The SMILES string of the molecule is C=CCOc1ccc(C(=O)N2CCNCC2c2ccccc2OC)cc1.Cl. The topological polar surface area (TPSA) is 50.8 Å². The molecule has 1 unspecified atom stereocenters. The largest absolute Gasteiger partial charge is 0.496 e. The van der Waals surface area contributed by atoms with E-state index in [2.05, 4.69) is 11.9 Å². The Morgan fingerprint density at radius 1 is 1.26 bits per heavy atom. The zero-order valence-electron chi connectivity index (χ0n) is 15.4. The molecule has 0 aromatic heterocycles. The zero-order chi connectivity index (χ0) is 18.4. The third-order valence-corrected chi connectivity index (χ3v) is 4.47. The maximum absolute atomic E-state index is 13.1. The van der Waals surface area contributed by atoms with Crippen molar-refractivity contribution >= 4 is 18.3 Å². The first-order chi connectivity index (χ1) is 12.7. The smallest absolute Gasteiger partial charge is 0.254 e. The summed E-state index contributed by atoms with van der Waals surface area (Å²) in [6.45, 7) is 6.20. The molecule has 0 aliphatic carbocycles. The van der Waals surface area contributed by atoms with Gasteiger partial charge in [-0.3, -0.25) is 4.79 Å². The summed E-state index contributed by atoms with van der Waals surface area (Å²) in [4.78, 5) is 15.0. The summed E-state index contributed by atoms with van der Waals surface area (Å²) in [5, 5.41) is 3.37. The molecule has 1 atom stereocenters. The molecule has 0 saturated carbocycles. The van der Waals surface area contributed by atoms with Crippen molar-refractivity contribution in [1.29, 1.82) is 0 Å². The number of hydrogen-bond acceptors (Lipinski definition) is 4. The van der Waals surface area contributed by atoms with Crippen LogP contribution in [0.5, 0.6) is 11.5 Å². The molecule has 1 heterocycles. The van der Waals surface area contributed by atoms with Crippen molar-refractivity contribution in [3.63, 3.8) is 0 Å². The maximum atomic E-state index is 13.1. The molecule has 0 bridgehead atoms. The molecule has 2 aromatic carbocycles. The highest BCUT2D eigenvalue weighted by Crippen LogP contribution is 2.31. The number of carbonyl (C=O) groups is 1. The monoisotopic (exact) mass is 388 g/mol. The van der Waals surface area contributed by atoms with Gasteiger partial charge in [-0.15, -0.1) is 12.4 Å². The van der Waals surface area contributed by atoms with Crippen molar-refractivity contribution in [2.24, 2.45) is 0 Å². The minimum Gasteiger partial charge on any atom is -0.496 e. The Kier molecular flexibility index (Phi) is 7.70. The van der Waals surface area contributed by atoms with E-state index in [4.69, 9.17) is 9.47 Å². The number of benzene rings is 2. The Labute approximate surface area is 166 Å². The Bertz CT molecular complexity index is 764. The number of methoxy groups -OCH3 is 1. The predicted molar refractivity (Wildman–Crippen MR) is 109 cm³/mol. The van der Waals surface area contributed by atoms with Gasteiger partial charge in [0.2, 0.25) is 0 Å². The second kappa shape index (κ2) is 10.00. The fourth-order valence-electron chi connectivity index (χ4n) is 3.18. The van der Waals surface area contributed by atoms with Crippen LogP contribution in [0.4, 0.5) is 0 Å². The van der Waals surface area contributed by atoms with Crippen molar-refractivity contribution in [3.05, 3.63) is 72.3 Å². The number of nitrogens with zero attached hydrogens (tertiary/aromatic N) is 1. The fraction of sp³-hybridized carbons (Fsp3) is 0.286. The predicted octanol–water partition coefficient (Wildman–Crippen LogP) is 3.47. The van der Waals surface area contributed by atoms with Crippen LogP contribution < -0.4 is 14.8 Å². The molecule has 27 heavy (non-hydrogen) atoms. The maximum Gasteiger partial charge on any atom is 0.254 e. The number of piperazine rings is 1. The second-order valence-electron chi connectivity index (χ2n) is 6.08. The molecular formula is C21H25ClN2O3. The molecule has 1 saturated heterocycles. The van der Waals surface area contributed by atoms with E-state index in [-0.39, 0.29) is 24.4 Å². The average Bonchev–Trinajstić information content (AvgIpc) is 2.72. The molecule has 2 aromatic rings. The van der Waals surface area contributed by atoms with Gasteiger partial charge in [0.25, 0.3) is 5.91 Å². The first-order valence-corrected chi connectivity index (χ1v) is 8.73. The molecule has 6 heteroatoms. The summed E-state index contributed by atoms with van der Waals surface area (Å²) in [5.74, 6) is 1.54. The summed E-state index contributed by atoms with van der Waals surface area (Å²) in [6.07, 6.45) is 1.69. The molecule has 1 aliphatic rings. The van der Waals surface area contributed by atoms with E-state index in [0.717, 1.165) is 23.6 Å². The molecule has 5 nitrogen and oxygen atoms in total. The highest BCUT2D eigenvalue weighted by atomic mass is 35.5. The van der Waals surface area contributed by atoms with Crippen LogP contribution in [0.1, 0.15) is 22.0 Å². The second-order valence-corrected chi connectivity index (χ2v) is 6.08. The summed E-state index contributed by atoms with van der Waals surface area (Å²) in [7, 11) is 1.66. The van der Waals surface area contributed by atoms with Crippen LogP contribution in [0.3, 0.4) is 0 Å². The molecule has 1 amide bonds. The number of amides is 1. The van der Waals surface area contributed by atoms with E-state index in [1.54, 1.807) is 13.2 Å². The minimum absolute atomic E-state index is 0. The number of hydrogen-bond donors (Lipinski definition) is 1. The van der Waals surface area contributed by atoms with Gasteiger partial charge in [-0.25, -0.2) is 0 Å².